The van der Waals surface area contributed by atoms with Gasteiger partial charge in [-0.25, -0.2) is 0 Å². The zero-order valence-corrected chi connectivity index (χ0v) is 31.9. The second kappa shape index (κ2) is 40.3. The van der Waals surface area contributed by atoms with E-state index in [2.05, 4.69) is 111 Å². The van der Waals surface area contributed by atoms with Gasteiger partial charge in [-0.2, -0.15) is 0 Å². The Morgan fingerprint density at radius 1 is 0.480 bits per heavy atom. The van der Waals surface area contributed by atoms with Gasteiger partial charge in [0.25, 0.3) is 0 Å². The predicted octanol–water partition coefficient (Wildman–Crippen LogP) is 12.5. The van der Waals surface area contributed by atoms with Gasteiger partial charge in [0.05, 0.1) is 6.61 Å². The first-order valence-corrected chi connectivity index (χ1v) is 19.8. The minimum Gasteiger partial charge on any atom is -0.462 e. The normalized spacial score (nSPS) is 13.3. The molecule has 0 aliphatic carbocycles. The van der Waals surface area contributed by atoms with Crippen LogP contribution in [0.5, 0.6) is 0 Å². The summed E-state index contributed by atoms with van der Waals surface area (Å²) in [5, 5.41) is 9.55. The number of hydrogen-bond donors (Lipinski definition) is 1. The highest BCUT2D eigenvalue weighted by molar-refractivity contribution is 5.70. The fraction of sp³-hybridized carbons (Fsp3) is 0.600. The molecule has 0 fully saturated rings. The summed E-state index contributed by atoms with van der Waals surface area (Å²) in [5.41, 5.74) is 0. The first-order valence-electron chi connectivity index (χ1n) is 19.8. The van der Waals surface area contributed by atoms with Crippen molar-refractivity contribution in [1.29, 1.82) is 0 Å². The first-order chi connectivity index (χ1) is 24.6. The van der Waals surface area contributed by atoms with Crippen LogP contribution in [0.1, 0.15) is 155 Å². The van der Waals surface area contributed by atoms with Crippen molar-refractivity contribution in [2.45, 2.75) is 161 Å². The van der Waals surface area contributed by atoms with Gasteiger partial charge in [0.1, 0.15) is 6.61 Å². The van der Waals surface area contributed by atoms with Gasteiger partial charge in [-0.1, -0.05) is 150 Å². The van der Waals surface area contributed by atoms with Gasteiger partial charge in [-0.15, -0.1) is 0 Å². The molecule has 0 radical (unpaired) electrons. The summed E-state index contributed by atoms with van der Waals surface area (Å²) in [5.74, 6) is -0.700. The number of aliphatic hydroxyl groups excluding tert-OH is 1. The van der Waals surface area contributed by atoms with Gasteiger partial charge in [0.15, 0.2) is 6.10 Å². The lowest BCUT2D eigenvalue weighted by molar-refractivity contribution is -0.161. The molecule has 0 rings (SSSR count). The third-order valence-corrected chi connectivity index (χ3v) is 7.86. The molecule has 0 aromatic heterocycles. The van der Waals surface area contributed by atoms with Crippen molar-refractivity contribution in [3.8, 4) is 0 Å². The molecule has 0 bridgehead atoms. The van der Waals surface area contributed by atoms with Gasteiger partial charge >= 0.3 is 11.9 Å². The summed E-state index contributed by atoms with van der Waals surface area (Å²) in [7, 11) is 0. The van der Waals surface area contributed by atoms with Gasteiger partial charge in [-0.3, -0.25) is 9.59 Å². The van der Waals surface area contributed by atoms with E-state index in [1.54, 1.807) is 0 Å². The van der Waals surface area contributed by atoms with Crippen molar-refractivity contribution in [2.24, 2.45) is 0 Å². The first kappa shape index (κ1) is 46.8. The highest BCUT2D eigenvalue weighted by Gasteiger charge is 2.15. The number of allylic oxidation sites excluding steroid dienone is 16. The Hall–Kier alpha value is -3.18. The molecular weight excluding hydrogens is 620 g/mol. The molecular formula is C45H72O5. The van der Waals surface area contributed by atoms with E-state index in [0.717, 1.165) is 77.0 Å². The van der Waals surface area contributed by atoms with Crippen LogP contribution in [-0.4, -0.2) is 36.4 Å². The topological polar surface area (TPSA) is 72.8 Å². The number of esters is 2. The molecule has 0 aliphatic rings. The number of aliphatic hydroxyl groups is 1. The lowest BCUT2D eigenvalue weighted by atomic mass is 10.1. The largest absolute Gasteiger partial charge is 0.462 e. The summed E-state index contributed by atoms with van der Waals surface area (Å²) >= 11 is 0. The predicted molar refractivity (Wildman–Crippen MR) is 214 cm³/mol. The molecule has 5 nitrogen and oxygen atoms in total. The van der Waals surface area contributed by atoms with Crippen LogP contribution in [0.3, 0.4) is 0 Å². The van der Waals surface area contributed by atoms with Crippen LogP contribution in [0, 0.1) is 0 Å². The van der Waals surface area contributed by atoms with Crippen LogP contribution in [0.4, 0.5) is 0 Å². The number of rotatable bonds is 34. The molecule has 0 unspecified atom stereocenters. The number of ether oxygens (including phenoxy) is 2. The summed E-state index contributed by atoms with van der Waals surface area (Å²) in [6.07, 6.45) is 56.1. The summed E-state index contributed by atoms with van der Waals surface area (Å²) < 4.78 is 10.5. The Labute approximate surface area is 307 Å². The van der Waals surface area contributed by atoms with Crippen molar-refractivity contribution >= 4 is 11.9 Å². The minimum absolute atomic E-state index is 0.110. The second-order valence-corrected chi connectivity index (χ2v) is 12.6. The van der Waals surface area contributed by atoms with Gasteiger partial charge in [0.2, 0.25) is 0 Å². The van der Waals surface area contributed by atoms with Crippen LogP contribution in [0.2, 0.25) is 0 Å². The number of carbonyl (C=O) groups is 2. The summed E-state index contributed by atoms with van der Waals surface area (Å²) in [6.45, 7) is 3.92. The maximum absolute atomic E-state index is 12.1. The Bertz CT molecular complexity index is 1010. The van der Waals surface area contributed by atoms with E-state index in [0.29, 0.717) is 12.8 Å². The van der Waals surface area contributed by atoms with Crippen LogP contribution in [0.25, 0.3) is 0 Å². The van der Waals surface area contributed by atoms with E-state index in [4.69, 9.17) is 9.47 Å². The lowest BCUT2D eigenvalue weighted by Gasteiger charge is -2.15. The molecule has 5 heteroatoms. The van der Waals surface area contributed by atoms with E-state index >= 15 is 0 Å². The van der Waals surface area contributed by atoms with Crippen molar-refractivity contribution < 1.29 is 24.2 Å². The average Bonchev–Trinajstić information content (AvgIpc) is 3.12. The molecule has 0 heterocycles. The summed E-state index contributed by atoms with van der Waals surface area (Å²) in [4.78, 5) is 24.2. The Morgan fingerprint density at radius 3 is 1.36 bits per heavy atom. The maximum atomic E-state index is 12.1. The van der Waals surface area contributed by atoms with Gasteiger partial charge in [0, 0.05) is 12.8 Å². The van der Waals surface area contributed by atoms with Crippen molar-refractivity contribution in [1.82, 2.24) is 0 Å². The SMILES string of the molecule is CCC=CCC=CCC=CCC=CCC=CCCCCCC(=O)OC[C@H](CO)OC(=O)CCCC=CCC=CCC=CCCCCCCCC. The van der Waals surface area contributed by atoms with Crippen molar-refractivity contribution in [2.75, 3.05) is 13.2 Å². The molecule has 0 saturated carbocycles. The minimum atomic E-state index is -0.817. The van der Waals surface area contributed by atoms with E-state index in [9.17, 15) is 14.7 Å². The van der Waals surface area contributed by atoms with Gasteiger partial charge < -0.3 is 14.6 Å². The molecule has 50 heavy (non-hydrogen) atoms. The molecule has 0 spiro atoms. The standard InChI is InChI=1S/C45H72O5/c1-3-5-7-9-11-13-15-17-19-21-22-24-25-27-29-31-33-35-37-39-44(47)49-42-43(41-46)50-45(48)40-38-36-34-32-30-28-26-23-20-18-16-14-12-10-8-6-4-2/h5,7,11,13,17-20,22,24,26-29,32,34,43,46H,3-4,6,8-10,12,14-16,21,23,25,30-31,33,35-42H2,1-2H3/t43-/m0/s1. The average molecular weight is 693 g/mol. The van der Waals surface area contributed by atoms with Gasteiger partial charge in [-0.05, 0) is 89.9 Å². The monoisotopic (exact) mass is 693 g/mol. The van der Waals surface area contributed by atoms with E-state index in [-0.39, 0.29) is 31.6 Å². The van der Waals surface area contributed by atoms with Crippen LogP contribution >= 0.6 is 0 Å². The van der Waals surface area contributed by atoms with E-state index in [1.807, 2.05) is 0 Å². The maximum Gasteiger partial charge on any atom is 0.306 e. The molecule has 0 aliphatic heterocycles. The van der Waals surface area contributed by atoms with Crippen molar-refractivity contribution in [3.63, 3.8) is 0 Å². The van der Waals surface area contributed by atoms with Crippen molar-refractivity contribution in [3.05, 3.63) is 97.2 Å². The zero-order valence-electron chi connectivity index (χ0n) is 31.9. The smallest absolute Gasteiger partial charge is 0.306 e. The molecule has 0 saturated heterocycles. The van der Waals surface area contributed by atoms with E-state index in [1.165, 1.54) is 44.9 Å². The number of unbranched alkanes of at least 4 members (excludes halogenated alkanes) is 10. The third kappa shape index (κ3) is 37.6. The molecule has 0 aromatic rings. The zero-order chi connectivity index (χ0) is 36.4. The second-order valence-electron chi connectivity index (χ2n) is 12.6. The van der Waals surface area contributed by atoms with Crippen LogP contribution in [0.15, 0.2) is 97.2 Å². The van der Waals surface area contributed by atoms with E-state index < -0.39 is 6.10 Å². The summed E-state index contributed by atoms with van der Waals surface area (Å²) in [6, 6.07) is 0. The highest BCUT2D eigenvalue weighted by atomic mass is 16.6. The number of hydrogen-bond acceptors (Lipinski definition) is 5. The fourth-order valence-electron chi connectivity index (χ4n) is 4.89. The molecule has 0 aromatic carbocycles. The highest BCUT2D eigenvalue weighted by Crippen LogP contribution is 2.09. The number of carbonyl (C=O) groups excluding carboxylic acids is 2. The Balaban J connectivity index is 3.75. The fourth-order valence-corrected chi connectivity index (χ4v) is 4.89. The van der Waals surface area contributed by atoms with Crippen LogP contribution in [-0.2, 0) is 19.1 Å². The lowest BCUT2D eigenvalue weighted by Crippen LogP contribution is -2.28. The Kier molecular flexibility index (Phi) is 37.7. The molecule has 282 valence electrons. The third-order valence-electron chi connectivity index (χ3n) is 7.86. The van der Waals surface area contributed by atoms with Crippen LogP contribution < -0.4 is 0 Å². The quantitative estimate of drug-likeness (QED) is 0.0413. The molecule has 1 N–H and O–H groups in total. The Morgan fingerprint density at radius 2 is 0.880 bits per heavy atom. The molecule has 0 amide bonds. The molecule has 1 atom stereocenters.